The Balaban J connectivity index is 0.000000205. The van der Waals surface area contributed by atoms with Gasteiger partial charge in [0.05, 0.1) is 24.3 Å². The fourth-order valence-electron chi connectivity index (χ4n) is 6.16. The van der Waals surface area contributed by atoms with E-state index in [4.69, 9.17) is 29.2 Å². The number of carbonyl (C=O) groups is 5. The number of benzene rings is 4. The van der Waals surface area contributed by atoms with Crippen LogP contribution in [0.5, 0.6) is 0 Å². The molecule has 0 spiro atoms. The summed E-state index contributed by atoms with van der Waals surface area (Å²) in [5.41, 5.74) is 4.93. The van der Waals surface area contributed by atoms with Crippen molar-refractivity contribution < 1.29 is 53.1 Å². The van der Waals surface area contributed by atoms with E-state index in [1.807, 2.05) is 88.4 Å². The molecule has 2 aliphatic rings. The molecule has 0 saturated carbocycles. The summed E-state index contributed by atoms with van der Waals surface area (Å²) in [6, 6.07) is 28.5. The number of hydrogen-bond acceptors (Lipinski definition) is 11. The number of Topliss-reactive ketones (excluding diaryl/α,β-unsaturated/α-hetero) is 2. The number of carbonyl (C=O) groups excluding carboxylic acids is 5. The molecule has 13 nitrogen and oxygen atoms in total. The van der Waals surface area contributed by atoms with Crippen molar-refractivity contribution in [2.75, 3.05) is 49.9 Å². The average molecular weight is 781 g/mol. The third kappa shape index (κ3) is 10.5. The van der Waals surface area contributed by atoms with Gasteiger partial charge in [-0.05, 0) is 45.4 Å². The van der Waals surface area contributed by atoms with Gasteiger partial charge in [-0.3, -0.25) is 24.0 Å². The first-order chi connectivity index (χ1) is 27.5. The van der Waals surface area contributed by atoms with E-state index in [0.717, 1.165) is 21.6 Å². The molecule has 57 heavy (non-hydrogen) atoms. The Morgan fingerprint density at radius 3 is 1.77 bits per heavy atom. The van der Waals surface area contributed by atoms with Crippen LogP contribution in [0.4, 0.5) is 11.4 Å². The highest BCUT2D eigenvalue weighted by atomic mass is 16.9. The molecule has 6 rings (SSSR count). The fourth-order valence-corrected chi connectivity index (χ4v) is 6.16. The topological polar surface area (TPSA) is 178 Å². The van der Waals surface area contributed by atoms with E-state index in [9.17, 15) is 24.0 Å². The maximum Gasteiger partial charge on any atom is 0.311 e. The van der Waals surface area contributed by atoms with Crippen LogP contribution in [-0.2, 0) is 45.7 Å². The maximum absolute atomic E-state index is 13.1. The van der Waals surface area contributed by atoms with Gasteiger partial charge in [0.2, 0.25) is 11.8 Å². The van der Waals surface area contributed by atoms with Crippen molar-refractivity contribution in [1.29, 1.82) is 0 Å². The summed E-state index contributed by atoms with van der Waals surface area (Å²) < 4.78 is 22.7. The van der Waals surface area contributed by atoms with E-state index in [1.54, 1.807) is 24.3 Å². The first-order valence-electron chi connectivity index (χ1n) is 18.6. The summed E-state index contributed by atoms with van der Waals surface area (Å²) in [4.78, 5) is 60.2. The number of hydrogen-bond donors (Lipinski definition) is 3. The van der Waals surface area contributed by atoms with Gasteiger partial charge in [0, 0.05) is 60.2 Å². The Labute approximate surface area is 331 Å². The van der Waals surface area contributed by atoms with Crippen molar-refractivity contribution in [2.45, 2.75) is 47.0 Å². The molecular formula is C44H48N2O11. The second-order valence-electron chi connectivity index (χ2n) is 12.4. The van der Waals surface area contributed by atoms with Crippen molar-refractivity contribution in [3.8, 4) is 0 Å². The second-order valence-corrected chi connectivity index (χ2v) is 12.4. The van der Waals surface area contributed by atoms with E-state index in [-0.39, 0.29) is 22.8 Å². The number of ketones is 2. The molecule has 2 heterocycles. The molecule has 3 amide bonds. The van der Waals surface area contributed by atoms with E-state index in [1.165, 1.54) is 19.1 Å². The second kappa shape index (κ2) is 20.9. The van der Waals surface area contributed by atoms with Crippen molar-refractivity contribution in [1.82, 2.24) is 0 Å². The van der Waals surface area contributed by atoms with Gasteiger partial charge in [-0.2, -0.15) is 0 Å². The van der Waals surface area contributed by atoms with Crippen molar-refractivity contribution in [3.05, 3.63) is 130 Å². The van der Waals surface area contributed by atoms with E-state index in [2.05, 4.69) is 5.32 Å². The van der Waals surface area contributed by atoms with Gasteiger partial charge in [-0.1, -0.05) is 84.9 Å². The zero-order valence-electron chi connectivity index (χ0n) is 32.7. The third-order valence-corrected chi connectivity index (χ3v) is 8.59. The Morgan fingerprint density at radius 1 is 0.702 bits per heavy atom. The highest BCUT2D eigenvalue weighted by Crippen LogP contribution is 2.42. The van der Waals surface area contributed by atoms with Crippen LogP contribution in [0.15, 0.2) is 97.1 Å². The number of anilines is 2. The van der Waals surface area contributed by atoms with Gasteiger partial charge in [-0.25, -0.2) is 4.90 Å². The lowest BCUT2D eigenvalue weighted by Gasteiger charge is -2.32. The molecule has 2 aliphatic heterocycles. The van der Waals surface area contributed by atoms with Crippen LogP contribution in [0.3, 0.4) is 0 Å². The van der Waals surface area contributed by atoms with Crippen molar-refractivity contribution in [2.24, 2.45) is 0 Å². The molecule has 4 aromatic carbocycles. The average Bonchev–Trinajstić information content (AvgIpc) is 3.75. The lowest BCUT2D eigenvalue weighted by atomic mass is 9.99. The van der Waals surface area contributed by atoms with Crippen LogP contribution in [0.2, 0.25) is 0 Å². The molecule has 0 aromatic heterocycles. The summed E-state index contributed by atoms with van der Waals surface area (Å²) >= 11 is 0. The third-order valence-electron chi connectivity index (χ3n) is 8.59. The van der Waals surface area contributed by atoms with Crippen LogP contribution in [0, 0.1) is 0 Å². The predicted molar refractivity (Wildman–Crippen MR) is 214 cm³/mol. The van der Waals surface area contributed by atoms with Gasteiger partial charge in [0.1, 0.15) is 19.0 Å². The highest BCUT2D eigenvalue weighted by Gasteiger charge is 2.39. The lowest BCUT2D eigenvalue weighted by molar-refractivity contribution is -0.389. The molecule has 3 N–H and O–H groups in total. The number of ether oxygens (including phenoxy) is 4. The minimum Gasteiger partial charge on any atom is -0.492 e. The predicted octanol–water partition coefficient (Wildman–Crippen LogP) is 5.92. The molecule has 0 atom stereocenters. The van der Waals surface area contributed by atoms with Gasteiger partial charge in [0.15, 0.2) is 11.6 Å². The summed E-state index contributed by atoms with van der Waals surface area (Å²) in [7, 11) is 0. The number of amides is 3. The SMILES string of the molecule is CCO/C(=C1\C(=O)N(C(C)=O)c2cc(C(=O)CO)ccc21)c1ccccc1.CCOC(OCC)(OCC)c1ccccc1.O=C1Cc2ccc(C(=O)CO)cc2N1. The van der Waals surface area contributed by atoms with Gasteiger partial charge in [-0.15, -0.1) is 0 Å². The molecule has 0 bridgehead atoms. The van der Waals surface area contributed by atoms with Crippen LogP contribution in [0.1, 0.15) is 77.6 Å². The highest BCUT2D eigenvalue weighted by molar-refractivity contribution is 6.43. The van der Waals surface area contributed by atoms with Crippen molar-refractivity contribution >= 4 is 52.0 Å². The summed E-state index contributed by atoms with van der Waals surface area (Å²) in [5.74, 6) is -2.53. The number of nitrogens with one attached hydrogen (secondary N) is 1. The van der Waals surface area contributed by atoms with Crippen LogP contribution >= 0.6 is 0 Å². The summed E-state index contributed by atoms with van der Waals surface area (Å²) in [5, 5.41) is 20.4. The maximum atomic E-state index is 13.1. The van der Waals surface area contributed by atoms with Crippen LogP contribution < -0.4 is 10.2 Å². The lowest BCUT2D eigenvalue weighted by Crippen LogP contribution is -2.36. The number of aliphatic hydroxyl groups is 2. The smallest absolute Gasteiger partial charge is 0.311 e. The Bertz CT molecular complexity index is 2060. The zero-order valence-corrected chi connectivity index (χ0v) is 32.7. The van der Waals surface area contributed by atoms with Crippen LogP contribution in [0.25, 0.3) is 11.3 Å². The molecule has 0 saturated heterocycles. The summed E-state index contributed by atoms with van der Waals surface area (Å²) in [6.45, 7) is 9.68. The zero-order chi connectivity index (χ0) is 41.5. The molecule has 4 aromatic rings. The Morgan fingerprint density at radius 2 is 1.25 bits per heavy atom. The first-order valence-corrected chi connectivity index (χ1v) is 18.6. The van der Waals surface area contributed by atoms with Gasteiger partial charge < -0.3 is 34.5 Å². The molecular weight excluding hydrogens is 732 g/mol. The van der Waals surface area contributed by atoms with E-state index >= 15 is 0 Å². The van der Waals surface area contributed by atoms with Crippen LogP contribution in [-0.4, -0.2) is 79.1 Å². The minimum atomic E-state index is -1.06. The van der Waals surface area contributed by atoms with Gasteiger partial charge in [0.25, 0.3) is 5.91 Å². The minimum absolute atomic E-state index is 0.0615. The fraction of sp³-hybridized carbons (Fsp3) is 0.295. The quantitative estimate of drug-likeness (QED) is 0.0599. The molecule has 0 aliphatic carbocycles. The number of rotatable bonds is 14. The molecule has 300 valence electrons. The number of nitrogens with zero attached hydrogens (tertiary/aromatic N) is 1. The normalized spacial score (nSPS) is 13.6. The Hall–Kier alpha value is -5.83. The molecule has 0 unspecified atom stereocenters. The van der Waals surface area contributed by atoms with Crippen molar-refractivity contribution in [3.63, 3.8) is 0 Å². The number of aliphatic hydroxyl groups excluding tert-OH is 2. The number of imide groups is 1. The first kappa shape index (κ1) is 43.9. The van der Waals surface area contributed by atoms with Gasteiger partial charge >= 0.3 is 5.97 Å². The molecule has 13 heteroatoms. The Kier molecular flexibility index (Phi) is 16.1. The van der Waals surface area contributed by atoms with E-state index in [0.29, 0.717) is 61.1 Å². The largest absolute Gasteiger partial charge is 0.492 e. The standard InChI is InChI=1S/C21H19NO5.C13H20O3.C10H9NO3/c1-3-27-20(14-7-5-4-6-8-14)19-16-10-9-15(18(25)12-23)11-17(16)22(13(2)24)21(19)26;1-4-14-13(15-5-2,16-6-3)12-10-8-7-9-11-12;12-5-9(13)7-2-1-6-4-10(14)11-8(6)3-7/h4-11,23H,3,12H2,1-2H3;7-11H,4-6H2,1-3H3;1-3,12H,4-5H2,(H,11,14)/b20-19-;;. The molecule has 0 fully saturated rings. The molecule has 0 radical (unpaired) electrons. The summed E-state index contributed by atoms with van der Waals surface area (Å²) in [6.07, 6.45) is 0.364. The van der Waals surface area contributed by atoms with E-state index < -0.39 is 36.8 Å². The number of fused-ring (bicyclic) bond motifs is 2. The monoisotopic (exact) mass is 780 g/mol.